The zero-order valence-corrected chi connectivity index (χ0v) is 14.2. The SMILES string of the molecule is COc1ccc2sc(C(=O)N3CC[C@](C)(C(=O)O)C3)c(C)c2c1. The van der Waals surface area contributed by atoms with Crippen LogP contribution in [0.3, 0.4) is 0 Å². The maximum Gasteiger partial charge on any atom is 0.311 e. The van der Waals surface area contributed by atoms with E-state index in [1.54, 1.807) is 18.9 Å². The van der Waals surface area contributed by atoms with Crippen LogP contribution in [0.4, 0.5) is 0 Å². The van der Waals surface area contributed by atoms with Crippen LogP contribution in [-0.2, 0) is 4.79 Å². The van der Waals surface area contributed by atoms with Gasteiger partial charge < -0.3 is 14.7 Å². The number of methoxy groups -OCH3 is 1. The quantitative estimate of drug-likeness (QED) is 0.937. The normalized spacial score (nSPS) is 20.9. The van der Waals surface area contributed by atoms with Gasteiger partial charge in [0.15, 0.2) is 0 Å². The number of thiophene rings is 1. The van der Waals surface area contributed by atoms with Crippen LogP contribution in [0.5, 0.6) is 5.75 Å². The fraction of sp³-hybridized carbons (Fsp3) is 0.412. The molecule has 2 aromatic rings. The molecule has 0 radical (unpaired) electrons. The first-order valence-corrected chi connectivity index (χ1v) is 8.27. The number of fused-ring (bicyclic) bond motifs is 1. The van der Waals surface area contributed by atoms with Gasteiger partial charge in [0.25, 0.3) is 5.91 Å². The molecule has 0 aliphatic carbocycles. The average Bonchev–Trinajstić information content (AvgIpc) is 3.09. The van der Waals surface area contributed by atoms with E-state index in [1.165, 1.54) is 11.3 Å². The van der Waals surface area contributed by atoms with Gasteiger partial charge in [-0.15, -0.1) is 11.3 Å². The maximum absolute atomic E-state index is 12.8. The average molecular weight is 333 g/mol. The van der Waals surface area contributed by atoms with Crippen LogP contribution >= 0.6 is 11.3 Å². The Morgan fingerprint density at radius 1 is 1.39 bits per heavy atom. The molecule has 1 atom stereocenters. The van der Waals surface area contributed by atoms with E-state index in [-0.39, 0.29) is 12.5 Å². The Balaban J connectivity index is 1.93. The van der Waals surface area contributed by atoms with Crippen LogP contribution in [0, 0.1) is 12.3 Å². The van der Waals surface area contributed by atoms with Crippen LogP contribution in [0.25, 0.3) is 10.1 Å². The molecule has 122 valence electrons. The van der Waals surface area contributed by atoms with Gasteiger partial charge >= 0.3 is 5.97 Å². The Kier molecular flexibility index (Phi) is 3.80. The van der Waals surface area contributed by atoms with Crippen molar-refractivity contribution in [2.75, 3.05) is 20.2 Å². The molecule has 1 aliphatic heterocycles. The number of amides is 1. The van der Waals surface area contributed by atoms with Crippen molar-refractivity contribution < 1.29 is 19.4 Å². The number of rotatable bonds is 3. The van der Waals surface area contributed by atoms with Crippen molar-refractivity contribution in [3.63, 3.8) is 0 Å². The first-order chi connectivity index (χ1) is 10.9. The minimum atomic E-state index is -0.844. The highest BCUT2D eigenvalue weighted by Crippen LogP contribution is 2.36. The van der Waals surface area contributed by atoms with Gasteiger partial charge in [0, 0.05) is 17.8 Å². The number of aliphatic carboxylic acids is 1. The van der Waals surface area contributed by atoms with Crippen molar-refractivity contribution in [1.82, 2.24) is 4.90 Å². The van der Waals surface area contributed by atoms with Gasteiger partial charge in [0.2, 0.25) is 0 Å². The number of aryl methyl sites for hydroxylation is 1. The molecule has 1 saturated heterocycles. The minimum absolute atomic E-state index is 0.0763. The van der Waals surface area contributed by atoms with E-state index in [1.807, 2.05) is 25.1 Å². The number of hydrogen-bond acceptors (Lipinski definition) is 4. The van der Waals surface area contributed by atoms with Crippen molar-refractivity contribution in [3.8, 4) is 5.75 Å². The van der Waals surface area contributed by atoms with Gasteiger partial charge in [0.05, 0.1) is 17.4 Å². The highest BCUT2D eigenvalue weighted by molar-refractivity contribution is 7.21. The summed E-state index contributed by atoms with van der Waals surface area (Å²) in [6, 6.07) is 5.77. The molecule has 0 saturated carbocycles. The lowest BCUT2D eigenvalue weighted by Gasteiger charge is -2.20. The van der Waals surface area contributed by atoms with Crippen molar-refractivity contribution in [2.45, 2.75) is 20.3 Å². The highest BCUT2D eigenvalue weighted by Gasteiger charge is 2.42. The van der Waals surface area contributed by atoms with E-state index in [9.17, 15) is 14.7 Å². The monoisotopic (exact) mass is 333 g/mol. The largest absolute Gasteiger partial charge is 0.497 e. The molecule has 1 fully saturated rings. The molecule has 3 rings (SSSR count). The van der Waals surface area contributed by atoms with Gasteiger partial charge in [-0.1, -0.05) is 0 Å². The highest BCUT2D eigenvalue weighted by atomic mass is 32.1. The summed E-state index contributed by atoms with van der Waals surface area (Å²) >= 11 is 1.45. The second kappa shape index (κ2) is 5.53. The fourth-order valence-corrected chi connectivity index (χ4v) is 4.14. The predicted octanol–water partition coefficient (Wildman–Crippen LogP) is 3.16. The van der Waals surface area contributed by atoms with E-state index < -0.39 is 11.4 Å². The molecule has 1 aliphatic rings. The molecule has 6 heteroatoms. The van der Waals surface area contributed by atoms with Crippen LogP contribution in [0.2, 0.25) is 0 Å². The molecule has 2 heterocycles. The van der Waals surface area contributed by atoms with Crippen molar-refractivity contribution >= 4 is 33.3 Å². The van der Waals surface area contributed by atoms with Gasteiger partial charge in [0.1, 0.15) is 5.75 Å². The first kappa shape index (κ1) is 15.8. The summed E-state index contributed by atoms with van der Waals surface area (Å²) in [5.41, 5.74) is 0.0848. The molecular formula is C17H19NO4S. The molecule has 0 bridgehead atoms. The number of likely N-dealkylation sites (tertiary alicyclic amines) is 1. The Labute approximate surface area is 138 Å². The summed E-state index contributed by atoms with van der Waals surface area (Å²) in [5.74, 6) is -0.157. The van der Waals surface area contributed by atoms with E-state index in [4.69, 9.17) is 4.74 Å². The lowest BCUT2D eigenvalue weighted by Crippen LogP contribution is -2.34. The molecule has 1 aromatic carbocycles. The summed E-state index contributed by atoms with van der Waals surface area (Å²) in [5, 5.41) is 10.3. The Hall–Kier alpha value is -2.08. The number of ether oxygens (including phenoxy) is 1. The molecular weight excluding hydrogens is 314 g/mol. The number of carbonyl (C=O) groups is 2. The number of carboxylic acid groups (broad SMARTS) is 1. The number of hydrogen-bond donors (Lipinski definition) is 1. The molecule has 1 aromatic heterocycles. The maximum atomic E-state index is 12.8. The predicted molar refractivity (Wildman–Crippen MR) is 89.4 cm³/mol. The number of benzene rings is 1. The minimum Gasteiger partial charge on any atom is -0.497 e. The Morgan fingerprint density at radius 2 is 2.13 bits per heavy atom. The standard InChI is InChI=1S/C17H19NO4S/c1-10-12-8-11(22-3)4-5-13(12)23-14(10)15(19)18-7-6-17(2,9-18)16(20)21/h4-5,8H,6-7,9H2,1-3H3,(H,20,21)/t17-/m0/s1. The molecule has 0 unspecified atom stereocenters. The third-order valence-corrected chi connectivity index (χ3v) is 5.88. The smallest absolute Gasteiger partial charge is 0.311 e. The van der Waals surface area contributed by atoms with E-state index in [2.05, 4.69) is 0 Å². The van der Waals surface area contributed by atoms with Crippen LogP contribution in [0.1, 0.15) is 28.6 Å². The molecule has 0 spiro atoms. The first-order valence-electron chi connectivity index (χ1n) is 7.45. The molecule has 1 N–H and O–H groups in total. The molecule has 23 heavy (non-hydrogen) atoms. The van der Waals surface area contributed by atoms with Crippen LogP contribution < -0.4 is 4.74 Å². The fourth-order valence-electron chi connectivity index (χ4n) is 2.98. The third kappa shape index (κ3) is 2.57. The summed E-state index contributed by atoms with van der Waals surface area (Å²) < 4.78 is 6.28. The Bertz CT molecular complexity index is 797. The summed E-state index contributed by atoms with van der Waals surface area (Å²) in [4.78, 5) is 26.5. The zero-order valence-electron chi connectivity index (χ0n) is 13.4. The summed E-state index contributed by atoms with van der Waals surface area (Å²) in [7, 11) is 1.62. The third-order valence-electron chi connectivity index (χ3n) is 4.61. The van der Waals surface area contributed by atoms with Crippen molar-refractivity contribution in [3.05, 3.63) is 28.6 Å². The summed E-state index contributed by atoms with van der Waals surface area (Å²) in [6.45, 7) is 4.38. The lowest BCUT2D eigenvalue weighted by molar-refractivity contribution is -0.147. The van der Waals surface area contributed by atoms with Gasteiger partial charge in [-0.2, -0.15) is 0 Å². The number of carboxylic acids is 1. The second-order valence-electron chi connectivity index (χ2n) is 6.26. The molecule has 1 amide bonds. The van der Waals surface area contributed by atoms with Gasteiger partial charge in [-0.25, -0.2) is 0 Å². The lowest BCUT2D eigenvalue weighted by atomic mass is 9.90. The van der Waals surface area contributed by atoms with E-state index in [0.29, 0.717) is 17.8 Å². The van der Waals surface area contributed by atoms with E-state index in [0.717, 1.165) is 21.4 Å². The zero-order chi connectivity index (χ0) is 16.8. The Morgan fingerprint density at radius 3 is 2.74 bits per heavy atom. The van der Waals surface area contributed by atoms with Gasteiger partial charge in [-0.05, 0) is 49.4 Å². The number of carbonyl (C=O) groups excluding carboxylic acids is 1. The van der Waals surface area contributed by atoms with Crippen LogP contribution in [-0.4, -0.2) is 42.1 Å². The second-order valence-corrected chi connectivity index (χ2v) is 7.31. The van der Waals surface area contributed by atoms with Gasteiger partial charge in [-0.3, -0.25) is 9.59 Å². The summed E-state index contributed by atoms with van der Waals surface area (Å²) in [6.07, 6.45) is 0.492. The number of nitrogens with zero attached hydrogens (tertiary/aromatic N) is 1. The van der Waals surface area contributed by atoms with Crippen molar-refractivity contribution in [2.24, 2.45) is 5.41 Å². The molecule has 5 nitrogen and oxygen atoms in total. The van der Waals surface area contributed by atoms with Crippen molar-refractivity contribution in [1.29, 1.82) is 0 Å². The van der Waals surface area contributed by atoms with E-state index >= 15 is 0 Å². The van der Waals surface area contributed by atoms with Crippen LogP contribution in [0.15, 0.2) is 18.2 Å². The topological polar surface area (TPSA) is 66.8 Å².